The molecule has 0 aliphatic heterocycles. The van der Waals surface area contributed by atoms with Crippen LogP contribution in [0.4, 0.5) is 19.0 Å². The molecular weight excluding hydrogens is 397 g/mol. The van der Waals surface area contributed by atoms with Crippen LogP contribution in [0.15, 0.2) is 30.7 Å². The van der Waals surface area contributed by atoms with Crippen LogP contribution in [0.3, 0.4) is 0 Å². The van der Waals surface area contributed by atoms with E-state index in [1.165, 1.54) is 12.4 Å². The van der Waals surface area contributed by atoms with E-state index in [0.717, 1.165) is 5.39 Å². The predicted molar refractivity (Wildman–Crippen MR) is 96.8 cm³/mol. The summed E-state index contributed by atoms with van der Waals surface area (Å²) in [5.41, 5.74) is 0.202. The predicted octanol–water partition coefficient (Wildman–Crippen LogP) is 3.30. The van der Waals surface area contributed by atoms with Gasteiger partial charge in [0.05, 0.1) is 5.02 Å². The molecule has 3 heterocycles. The van der Waals surface area contributed by atoms with Gasteiger partial charge in [-0.15, -0.1) is 0 Å². The lowest BCUT2D eigenvalue weighted by Crippen LogP contribution is -2.45. The SMILES string of the molecule is O=C(NCC(F)(F)F)C1(Nc2ccnc(-c3c[nH]c4ncc(Cl)cc34)n2)CC1. The summed E-state index contributed by atoms with van der Waals surface area (Å²) in [6.07, 6.45) is 1.09. The first-order valence-electron chi connectivity index (χ1n) is 8.35. The van der Waals surface area contributed by atoms with Gasteiger partial charge < -0.3 is 15.6 Å². The first kappa shape index (κ1) is 18.5. The van der Waals surface area contributed by atoms with E-state index in [1.54, 1.807) is 18.3 Å². The van der Waals surface area contributed by atoms with Gasteiger partial charge in [-0.3, -0.25) is 4.79 Å². The summed E-state index contributed by atoms with van der Waals surface area (Å²) < 4.78 is 37.0. The van der Waals surface area contributed by atoms with E-state index in [2.05, 4.69) is 25.3 Å². The minimum Gasteiger partial charge on any atom is -0.356 e. The molecule has 1 aliphatic rings. The lowest BCUT2D eigenvalue weighted by molar-refractivity contribution is -0.139. The summed E-state index contributed by atoms with van der Waals surface area (Å²) in [5.74, 6) is 0.00822. The molecule has 1 saturated carbocycles. The van der Waals surface area contributed by atoms with Crippen molar-refractivity contribution in [2.75, 3.05) is 11.9 Å². The van der Waals surface area contributed by atoms with Crippen LogP contribution in [-0.4, -0.2) is 44.1 Å². The molecule has 3 N–H and O–H groups in total. The van der Waals surface area contributed by atoms with Gasteiger partial charge >= 0.3 is 6.18 Å². The van der Waals surface area contributed by atoms with Crippen molar-refractivity contribution < 1.29 is 18.0 Å². The Balaban J connectivity index is 1.56. The Bertz CT molecular complexity index is 1050. The number of pyridine rings is 1. The highest BCUT2D eigenvalue weighted by atomic mass is 35.5. The van der Waals surface area contributed by atoms with Crippen molar-refractivity contribution in [3.8, 4) is 11.4 Å². The third-order valence-electron chi connectivity index (χ3n) is 4.40. The third-order valence-corrected chi connectivity index (χ3v) is 4.60. The molecule has 7 nitrogen and oxygen atoms in total. The number of hydrogen-bond acceptors (Lipinski definition) is 5. The van der Waals surface area contributed by atoms with Gasteiger partial charge in [-0.25, -0.2) is 15.0 Å². The number of anilines is 1. The normalized spacial score (nSPS) is 15.4. The van der Waals surface area contributed by atoms with E-state index in [-0.39, 0.29) is 0 Å². The number of fused-ring (bicyclic) bond motifs is 1. The number of nitrogens with zero attached hydrogens (tertiary/aromatic N) is 3. The van der Waals surface area contributed by atoms with Crippen molar-refractivity contribution in [3.05, 3.63) is 35.7 Å². The van der Waals surface area contributed by atoms with Crippen LogP contribution < -0.4 is 10.6 Å². The van der Waals surface area contributed by atoms with E-state index >= 15 is 0 Å². The van der Waals surface area contributed by atoms with Crippen molar-refractivity contribution in [2.24, 2.45) is 0 Å². The van der Waals surface area contributed by atoms with Crippen molar-refractivity contribution >= 4 is 34.4 Å². The second-order valence-electron chi connectivity index (χ2n) is 6.52. The number of hydrogen-bond donors (Lipinski definition) is 3. The van der Waals surface area contributed by atoms with Crippen LogP contribution in [0.5, 0.6) is 0 Å². The molecule has 0 unspecified atom stereocenters. The zero-order valence-corrected chi connectivity index (χ0v) is 15.0. The molecule has 0 spiro atoms. The Labute approximate surface area is 161 Å². The molecule has 3 aromatic heterocycles. The maximum absolute atomic E-state index is 12.3. The van der Waals surface area contributed by atoms with Gasteiger partial charge in [-0.2, -0.15) is 13.2 Å². The molecule has 1 amide bonds. The van der Waals surface area contributed by atoms with Gasteiger partial charge in [0.25, 0.3) is 0 Å². The minimum absolute atomic E-state index is 0.342. The van der Waals surface area contributed by atoms with E-state index in [9.17, 15) is 18.0 Å². The van der Waals surface area contributed by atoms with E-state index < -0.39 is 24.2 Å². The Morgan fingerprint density at radius 1 is 1.32 bits per heavy atom. The van der Waals surface area contributed by atoms with Crippen molar-refractivity contribution in [3.63, 3.8) is 0 Å². The summed E-state index contributed by atoms with van der Waals surface area (Å²) in [6, 6.07) is 3.28. The second kappa shape index (κ2) is 6.62. The topological polar surface area (TPSA) is 95.6 Å². The number of carbonyl (C=O) groups is 1. The molecule has 0 bridgehead atoms. The highest BCUT2D eigenvalue weighted by Crippen LogP contribution is 2.39. The molecule has 4 rings (SSSR count). The number of H-pyrrole nitrogens is 1. The van der Waals surface area contributed by atoms with Gasteiger partial charge in [0, 0.05) is 29.5 Å². The van der Waals surface area contributed by atoms with Crippen LogP contribution in [0.1, 0.15) is 12.8 Å². The quantitative estimate of drug-likeness (QED) is 0.600. The van der Waals surface area contributed by atoms with Gasteiger partial charge in [0.2, 0.25) is 5.91 Å². The van der Waals surface area contributed by atoms with Crippen LogP contribution in [0.25, 0.3) is 22.4 Å². The van der Waals surface area contributed by atoms with Crippen molar-refractivity contribution in [1.29, 1.82) is 0 Å². The number of aromatic nitrogens is 4. The molecule has 0 aromatic carbocycles. The Hall–Kier alpha value is -2.88. The monoisotopic (exact) mass is 410 g/mol. The van der Waals surface area contributed by atoms with E-state index in [1.807, 2.05) is 5.32 Å². The standard InChI is InChI=1S/C17H14ClF3N6O/c18-9-5-10-11(7-24-13(10)23-6-9)14-22-4-1-12(26-14)27-16(2-3-16)15(28)25-8-17(19,20)21/h1,4-7H,2-3,8H2,(H,23,24)(H,25,28)(H,22,26,27). The number of nitrogens with one attached hydrogen (secondary N) is 3. The van der Waals surface area contributed by atoms with Gasteiger partial charge in [0.15, 0.2) is 5.82 Å². The van der Waals surface area contributed by atoms with Gasteiger partial charge in [-0.1, -0.05) is 11.6 Å². The first-order valence-corrected chi connectivity index (χ1v) is 8.73. The fraction of sp³-hybridized carbons (Fsp3) is 0.294. The number of aromatic amines is 1. The molecule has 1 fully saturated rings. The molecule has 28 heavy (non-hydrogen) atoms. The molecule has 0 saturated heterocycles. The van der Waals surface area contributed by atoms with Crippen LogP contribution >= 0.6 is 11.6 Å². The lowest BCUT2D eigenvalue weighted by Gasteiger charge is -2.18. The Morgan fingerprint density at radius 2 is 2.11 bits per heavy atom. The number of carbonyl (C=O) groups excluding carboxylic acids is 1. The molecule has 0 radical (unpaired) electrons. The molecule has 3 aromatic rings. The Morgan fingerprint density at radius 3 is 2.82 bits per heavy atom. The number of alkyl halides is 3. The average Bonchev–Trinajstić information content (AvgIpc) is 3.30. The van der Waals surface area contributed by atoms with Crippen LogP contribution in [0, 0.1) is 0 Å². The molecule has 1 aliphatic carbocycles. The van der Waals surface area contributed by atoms with Crippen LogP contribution in [-0.2, 0) is 4.79 Å². The molecule has 0 atom stereocenters. The fourth-order valence-electron chi connectivity index (χ4n) is 2.85. The Kier molecular flexibility index (Phi) is 4.37. The number of amides is 1. The van der Waals surface area contributed by atoms with E-state index in [4.69, 9.17) is 11.6 Å². The molecular formula is C17H14ClF3N6O. The zero-order valence-electron chi connectivity index (χ0n) is 14.3. The van der Waals surface area contributed by atoms with Crippen LogP contribution in [0.2, 0.25) is 5.02 Å². The third kappa shape index (κ3) is 3.72. The molecule has 146 valence electrons. The van der Waals surface area contributed by atoms with Crippen molar-refractivity contribution in [2.45, 2.75) is 24.6 Å². The average molecular weight is 411 g/mol. The molecule has 11 heteroatoms. The highest BCUT2D eigenvalue weighted by Gasteiger charge is 2.51. The smallest absolute Gasteiger partial charge is 0.356 e. The summed E-state index contributed by atoms with van der Waals surface area (Å²) in [6.45, 7) is -1.37. The fourth-order valence-corrected chi connectivity index (χ4v) is 3.01. The van der Waals surface area contributed by atoms with Gasteiger partial charge in [-0.05, 0) is 25.0 Å². The number of halogens is 4. The maximum Gasteiger partial charge on any atom is 0.405 e. The summed E-state index contributed by atoms with van der Waals surface area (Å²) in [7, 11) is 0. The first-order chi connectivity index (χ1) is 13.3. The van der Waals surface area contributed by atoms with E-state index in [0.29, 0.717) is 40.7 Å². The highest BCUT2D eigenvalue weighted by molar-refractivity contribution is 6.31. The zero-order chi connectivity index (χ0) is 19.9. The van der Waals surface area contributed by atoms with Gasteiger partial charge in [0.1, 0.15) is 23.5 Å². The maximum atomic E-state index is 12.3. The summed E-state index contributed by atoms with van der Waals surface area (Å²) >= 11 is 6.00. The lowest BCUT2D eigenvalue weighted by atomic mass is 10.2. The summed E-state index contributed by atoms with van der Waals surface area (Å²) in [4.78, 5) is 28.0. The summed E-state index contributed by atoms with van der Waals surface area (Å²) in [5, 5.41) is 6.05. The van der Waals surface area contributed by atoms with Crippen molar-refractivity contribution in [1.82, 2.24) is 25.3 Å². The largest absolute Gasteiger partial charge is 0.405 e. The number of rotatable bonds is 5. The second-order valence-corrected chi connectivity index (χ2v) is 6.96. The minimum atomic E-state index is -4.46.